The number of nitrogens with zero attached hydrogens (tertiary/aromatic N) is 2. The first-order valence-electron chi connectivity index (χ1n) is 9.86. The van der Waals surface area contributed by atoms with Gasteiger partial charge >= 0.3 is 0 Å². The largest absolute Gasteiger partial charge is 0.377 e. The van der Waals surface area contributed by atoms with Crippen molar-refractivity contribution in [2.75, 3.05) is 33.3 Å². The van der Waals surface area contributed by atoms with Crippen LogP contribution in [0.1, 0.15) is 46.1 Å². The molecule has 0 bridgehead atoms. The SMILES string of the molecule is CN=C(NCCCCOCc1ccccc1)NCCN(C(C)C)C(C)C.I. The first-order chi connectivity index (χ1) is 12.5. The highest BCUT2D eigenvalue weighted by Gasteiger charge is 2.12. The second-order valence-corrected chi connectivity index (χ2v) is 7.10. The van der Waals surface area contributed by atoms with Crippen molar-refractivity contribution in [1.82, 2.24) is 15.5 Å². The Hall–Kier alpha value is -0.860. The summed E-state index contributed by atoms with van der Waals surface area (Å²) >= 11 is 0. The predicted octanol–water partition coefficient (Wildman–Crippen LogP) is 3.89. The van der Waals surface area contributed by atoms with Gasteiger partial charge in [0, 0.05) is 45.4 Å². The van der Waals surface area contributed by atoms with Gasteiger partial charge in [-0.1, -0.05) is 30.3 Å². The van der Waals surface area contributed by atoms with Gasteiger partial charge in [0.25, 0.3) is 0 Å². The molecule has 0 aliphatic carbocycles. The summed E-state index contributed by atoms with van der Waals surface area (Å²) in [5.41, 5.74) is 1.23. The highest BCUT2D eigenvalue weighted by molar-refractivity contribution is 14.0. The van der Waals surface area contributed by atoms with E-state index in [0.29, 0.717) is 18.7 Å². The fraction of sp³-hybridized carbons (Fsp3) is 0.667. The average Bonchev–Trinajstić information content (AvgIpc) is 2.62. The standard InChI is InChI=1S/C21H38N4O.HI/c1-18(2)25(19(3)4)15-14-24-21(22-5)23-13-9-10-16-26-17-20-11-7-6-8-12-20;/h6-8,11-12,18-19H,9-10,13-17H2,1-5H3,(H2,22,23,24);1H. The lowest BCUT2D eigenvalue weighted by atomic mass is 10.2. The van der Waals surface area contributed by atoms with Crippen molar-refractivity contribution in [3.05, 3.63) is 35.9 Å². The van der Waals surface area contributed by atoms with Crippen LogP contribution >= 0.6 is 24.0 Å². The summed E-state index contributed by atoms with van der Waals surface area (Å²) in [6.45, 7) is 13.3. The van der Waals surface area contributed by atoms with Crippen LogP contribution in [0.5, 0.6) is 0 Å². The molecule has 0 saturated heterocycles. The Morgan fingerprint density at radius 2 is 1.63 bits per heavy atom. The van der Waals surface area contributed by atoms with Crippen LogP contribution in [0.3, 0.4) is 0 Å². The summed E-state index contributed by atoms with van der Waals surface area (Å²) in [6, 6.07) is 11.4. The van der Waals surface area contributed by atoms with Crippen LogP contribution in [0.4, 0.5) is 0 Å². The number of hydrogen-bond acceptors (Lipinski definition) is 3. The second kappa shape index (κ2) is 16.1. The molecular weight excluding hydrogens is 451 g/mol. The van der Waals surface area contributed by atoms with Crippen LogP contribution in [-0.2, 0) is 11.3 Å². The minimum atomic E-state index is 0. The van der Waals surface area contributed by atoms with E-state index in [0.717, 1.165) is 45.0 Å². The molecule has 0 radical (unpaired) electrons. The molecule has 0 unspecified atom stereocenters. The first-order valence-corrected chi connectivity index (χ1v) is 9.86. The summed E-state index contributed by atoms with van der Waals surface area (Å²) in [7, 11) is 1.82. The molecule has 2 N–H and O–H groups in total. The molecule has 0 atom stereocenters. The number of benzene rings is 1. The molecule has 156 valence electrons. The molecule has 0 aromatic heterocycles. The van der Waals surface area contributed by atoms with Gasteiger partial charge in [0.15, 0.2) is 5.96 Å². The van der Waals surface area contributed by atoms with Crippen molar-refractivity contribution in [2.24, 2.45) is 4.99 Å². The third kappa shape index (κ3) is 12.3. The van der Waals surface area contributed by atoms with Gasteiger partial charge in [0.1, 0.15) is 0 Å². The van der Waals surface area contributed by atoms with Gasteiger partial charge in [-0.25, -0.2) is 0 Å². The molecule has 1 aromatic carbocycles. The van der Waals surface area contributed by atoms with Gasteiger partial charge in [-0.05, 0) is 46.1 Å². The Bertz CT molecular complexity index is 486. The fourth-order valence-electron chi connectivity index (χ4n) is 2.94. The maximum atomic E-state index is 5.71. The second-order valence-electron chi connectivity index (χ2n) is 7.10. The van der Waals surface area contributed by atoms with Gasteiger partial charge in [-0.15, -0.1) is 24.0 Å². The summed E-state index contributed by atoms with van der Waals surface area (Å²) in [4.78, 5) is 6.77. The normalized spacial score (nSPS) is 11.8. The van der Waals surface area contributed by atoms with Crippen LogP contribution in [0, 0.1) is 0 Å². The molecule has 0 spiro atoms. The number of guanidine groups is 1. The Kier molecular flexibility index (Phi) is 15.6. The molecule has 0 fully saturated rings. The highest BCUT2D eigenvalue weighted by Crippen LogP contribution is 2.03. The third-order valence-electron chi connectivity index (χ3n) is 4.33. The maximum absolute atomic E-state index is 5.71. The van der Waals surface area contributed by atoms with Gasteiger partial charge in [0.05, 0.1) is 6.61 Å². The molecule has 0 aliphatic heterocycles. The van der Waals surface area contributed by atoms with E-state index in [-0.39, 0.29) is 24.0 Å². The third-order valence-corrected chi connectivity index (χ3v) is 4.33. The number of aliphatic imine (C=N–C) groups is 1. The van der Waals surface area contributed by atoms with Gasteiger partial charge in [-0.3, -0.25) is 9.89 Å². The maximum Gasteiger partial charge on any atom is 0.191 e. The molecule has 5 nitrogen and oxygen atoms in total. The van der Waals surface area contributed by atoms with Crippen molar-refractivity contribution in [1.29, 1.82) is 0 Å². The lowest BCUT2D eigenvalue weighted by Crippen LogP contribution is -2.45. The van der Waals surface area contributed by atoms with Crippen LogP contribution in [-0.4, -0.2) is 56.2 Å². The van der Waals surface area contributed by atoms with E-state index in [9.17, 15) is 0 Å². The van der Waals surface area contributed by atoms with E-state index in [2.05, 4.69) is 60.4 Å². The van der Waals surface area contributed by atoms with Crippen LogP contribution in [0.25, 0.3) is 0 Å². The molecule has 27 heavy (non-hydrogen) atoms. The van der Waals surface area contributed by atoms with E-state index < -0.39 is 0 Å². The zero-order valence-corrected chi connectivity index (χ0v) is 20.0. The Morgan fingerprint density at radius 1 is 1.00 bits per heavy atom. The number of hydrogen-bond donors (Lipinski definition) is 2. The molecule has 0 saturated carbocycles. The van der Waals surface area contributed by atoms with E-state index in [1.165, 1.54) is 5.56 Å². The van der Waals surface area contributed by atoms with E-state index >= 15 is 0 Å². The molecule has 0 amide bonds. The number of unbranched alkanes of at least 4 members (excludes halogenated alkanes) is 1. The van der Waals surface area contributed by atoms with Crippen molar-refractivity contribution in [3.8, 4) is 0 Å². The lowest BCUT2D eigenvalue weighted by molar-refractivity contribution is 0.117. The zero-order chi connectivity index (χ0) is 19.2. The van der Waals surface area contributed by atoms with Crippen LogP contribution in [0.2, 0.25) is 0 Å². The van der Waals surface area contributed by atoms with Gasteiger partial charge in [0.2, 0.25) is 0 Å². The molecular formula is C21H39IN4O. The molecule has 6 heteroatoms. The van der Waals surface area contributed by atoms with Crippen molar-refractivity contribution < 1.29 is 4.74 Å². The van der Waals surface area contributed by atoms with Crippen LogP contribution < -0.4 is 10.6 Å². The monoisotopic (exact) mass is 490 g/mol. The Balaban J connectivity index is 0.00000676. The molecule has 0 aliphatic rings. The minimum absolute atomic E-state index is 0. The lowest BCUT2D eigenvalue weighted by Gasteiger charge is -2.30. The highest BCUT2D eigenvalue weighted by atomic mass is 127. The number of halogens is 1. The van der Waals surface area contributed by atoms with Crippen molar-refractivity contribution >= 4 is 29.9 Å². The Morgan fingerprint density at radius 3 is 2.22 bits per heavy atom. The van der Waals surface area contributed by atoms with Crippen molar-refractivity contribution in [2.45, 2.75) is 59.2 Å². The van der Waals surface area contributed by atoms with Crippen LogP contribution in [0.15, 0.2) is 35.3 Å². The number of ether oxygens (including phenoxy) is 1. The summed E-state index contributed by atoms with van der Waals surface area (Å²) in [6.07, 6.45) is 2.12. The van der Waals surface area contributed by atoms with Crippen molar-refractivity contribution in [3.63, 3.8) is 0 Å². The number of nitrogens with one attached hydrogen (secondary N) is 2. The van der Waals surface area contributed by atoms with Gasteiger partial charge in [-0.2, -0.15) is 0 Å². The zero-order valence-electron chi connectivity index (χ0n) is 17.7. The summed E-state index contributed by atoms with van der Waals surface area (Å²) in [5, 5.41) is 6.77. The Labute approximate surface area is 183 Å². The quantitative estimate of drug-likeness (QED) is 0.202. The molecule has 0 heterocycles. The summed E-state index contributed by atoms with van der Waals surface area (Å²) < 4.78 is 5.71. The average molecular weight is 490 g/mol. The van der Waals surface area contributed by atoms with E-state index in [1.54, 1.807) is 0 Å². The molecule has 1 aromatic rings. The topological polar surface area (TPSA) is 48.9 Å². The fourth-order valence-corrected chi connectivity index (χ4v) is 2.94. The molecule has 1 rings (SSSR count). The van der Waals surface area contributed by atoms with Gasteiger partial charge < -0.3 is 15.4 Å². The summed E-state index contributed by atoms with van der Waals surface area (Å²) in [5.74, 6) is 0.877. The minimum Gasteiger partial charge on any atom is -0.377 e. The first kappa shape index (κ1) is 26.1. The van der Waals surface area contributed by atoms with E-state index in [1.807, 2.05) is 25.2 Å². The van der Waals surface area contributed by atoms with E-state index in [4.69, 9.17) is 4.74 Å². The predicted molar refractivity (Wildman–Crippen MR) is 127 cm³/mol. The smallest absolute Gasteiger partial charge is 0.191 e. The number of rotatable bonds is 12.